The van der Waals surface area contributed by atoms with Crippen LogP contribution in [0.4, 0.5) is 0 Å². The molecule has 1 saturated carbocycles. The van der Waals surface area contributed by atoms with E-state index in [9.17, 15) is 9.90 Å². The number of carbonyl (C=O) groups excluding carboxylic acids is 1. The van der Waals surface area contributed by atoms with Gasteiger partial charge in [0.2, 0.25) is 0 Å². The minimum absolute atomic E-state index is 0.152. The average molecular weight is 261 g/mol. The summed E-state index contributed by atoms with van der Waals surface area (Å²) in [5.74, 6) is 0.185. The second-order valence-electron chi connectivity index (χ2n) is 5.57. The van der Waals surface area contributed by atoms with Crippen molar-refractivity contribution in [3.63, 3.8) is 0 Å². The number of ether oxygens (including phenoxy) is 1. The Balaban J connectivity index is 1.80. The maximum absolute atomic E-state index is 11.6. The van der Waals surface area contributed by atoms with Crippen LogP contribution in [0.25, 0.3) is 0 Å². The zero-order valence-corrected chi connectivity index (χ0v) is 11.2. The molecular formula is C15H19NO3. The standard InChI is InChI=1S/C15H19NO3/c1-2-19-14(18)9-16-8-11-3-4-12(17)7-13(11)15(10-16)5-6-15/h3-4,7,17H,2,5-6,8-10H2,1H3. The van der Waals surface area contributed by atoms with Crippen LogP contribution in [-0.4, -0.2) is 35.7 Å². The smallest absolute Gasteiger partial charge is 0.320 e. The van der Waals surface area contributed by atoms with Crippen molar-refractivity contribution in [1.29, 1.82) is 0 Å². The van der Waals surface area contributed by atoms with E-state index in [0.29, 0.717) is 18.9 Å². The van der Waals surface area contributed by atoms with Gasteiger partial charge in [0.25, 0.3) is 0 Å². The number of esters is 1. The predicted octanol–water partition coefficient (Wildman–Crippen LogP) is 1.80. The first kappa shape index (κ1) is 12.5. The van der Waals surface area contributed by atoms with Crippen LogP contribution in [0.1, 0.15) is 30.9 Å². The van der Waals surface area contributed by atoms with Crippen LogP contribution in [0.5, 0.6) is 5.75 Å². The highest BCUT2D eigenvalue weighted by Gasteiger charge is 2.49. The third-order valence-electron chi connectivity index (χ3n) is 4.10. The van der Waals surface area contributed by atoms with Crippen molar-refractivity contribution in [3.05, 3.63) is 29.3 Å². The number of hydrogen-bond acceptors (Lipinski definition) is 4. The van der Waals surface area contributed by atoms with Gasteiger partial charge in [-0.15, -0.1) is 0 Å². The molecule has 4 nitrogen and oxygen atoms in total. The summed E-state index contributed by atoms with van der Waals surface area (Å²) in [6.45, 7) is 4.27. The Morgan fingerprint density at radius 2 is 2.26 bits per heavy atom. The molecule has 0 atom stereocenters. The molecule has 0 saturated heterocycles. The molecule has 4 heteroatoms. The molecule has 102 valence electrons. The summed E-state index contributed by atoms with van der Waals surface area (Å²) in [7, 11) is 0. The van der Waals surface area contributed by atoms with Crippen LogP contribution < -0.4 is 0 Å². The Hall–Kier alpha value is -1.55. The molecule has 1 spiro atoms. The third kappa shape index (κ3) is 2.32. The zero-order valence-electron chi connectivity index (χ0n) is 11.2. The summed E-state index contributed by atoms with van der Waals surface area (Å²) >= 11 is 0. The van der Waals surface area contributed by atoms with Crippen molar-refractivity contribution in [2.45, 2.75) is 31.7 Å². The number of rotatable bonds is 3. The lowest BCUT2D eigenvalue weighted by molar-refractivity contribution is -0.144. The Morgan fingerprint density at radius 1 is 1.47 bits per heavy atom. The number of phenolic OH excluding ortho intramolecular Hbond substituents is 1. The number of benzene rings is 1. The van der Waals surface area contributed by atoms with E-state index in [1.165, 1.54) is 11.1 Å². The van der Waals surface area contributed by atoms with Gasteiger partial charge in [0.05, 0.1) is 13.2 Å². The number of fused-ring (bicyclic) bond motifs is 2. The second kappa shape index (κ2) is 4.53. The summed E-state index contributed by atoms with van der Waals surface area (Å²) in [5.41, 5.74) is 2.66. The highest BCUT2D eigenvalue weighted by Crippen LogP contribution is 2.52. The maximum Gasteiger partial charge on any atom is 0.320 e. The molecule has 0 aromatic heterocycles. The van der Waals surface area contributed by atoms with E-state index in [4.69, 9.17) is 4.74 Å². The molecule has 1 aliphatic carbocycles. The fourth-order valence-electron chi connectivity index (χ4n) is 3.09. The number of carbonyl (C=O) groups is 1. The van der Waals surface area contributed by atoms with Gasteiger partial charge in [0, 0.05) is 18.5 Å². The van der Waals surface area contributed by atoms with Crippen LogP contribution in [0.2, 0.25) is 0 Å². The first-order valence-electron chi connectivity index (χ1n) is 6.83. The Kier molecular flexibility index (Phi) is 2.97. The number of hydrogen-bond donors (Lipinski definition) is 1. The predicted molar refractivity (Wildman–Crippen MR) is 70.9 cm³/mol. The van der Waals surface area contributed by atoms with Crippen LogP contribution in [0, 0.1) is 0 Å². The van der Waals surface area contributed by atoms with Crippen LogP contribution in [-0.2, 0) is 21.5 Å². The van der Waals surface area contributed by atoms with Crippen LogP contribution in [0.3, 0.4) is 0 Å². The summed E-state index contributed by atoms with van der Waals surface area (Å²) < 4.78 is 5.02. The Bertz CT molecular complexity index is 508. The van der Waals surface area contributed by atoms with Gasteiger partial charge in [0.1, 0.15) is 5.75 Å². The molecule has 2 aliphatic rings. The molecule has 0 unspecified atom stereocenters. The lowest BCUT2D eigenvalue weighted by Gasteiger charge is -2.34. The molecule has 19 heavy (non-hydrogen) atoms. The van der Waals surface area contributed by atoms with Crippen molar-refractivity contribution in [2.24, 2.45) is 0 Å². The van der Waals surface area contributed by atoms with Gasteiger partial charge in [-0.05, 0) is 43.0 Å². The van der Waals surface area contributed by atoms with E-state index >= 15 is 0 Å². The zero-order chi connectivity index (χ0) is 13.5. The normalized spacial score (nSPS) is 20.1. The summed E-state index contributed by atoms with van der Waals surface area (Å²) in [5, 5.41) is 9.64. The van der Waals surface area contributed by atoms with Crippen molar-refractivity contribution in [2.75, 3.05) is 19.7 Å². The highest BCUT2D eigenvalue weighted by molar-refractivity contribution is 5.71. The lowest BCUT2D eigenvalue weighted by atomic mass is 9.87. The quantitative estimate of drug-likeness (QED) is 0.843. The van der Waals surface area contributed by atoms with Gasteiger partial charge >= 0.3 is 5.97 Å². The summed E-state index contributed by atoms with van der Waals surface area (Å²) in [6.07, 6.45) is 2.28. The van der Waals surface area contributed by atoms with Crippen molar-refractivity contribution in [1.82, 2.24) is 4.90 Å². The molecule has 0 amide bonds. The SMILES string of the molecule is CCOC(=O)CN1Cc2ccc(O)cc2C2(CC2)C1. The van der Waals surface area contributed by atoms with E-state index in [2.05, 4.69) is 4.90 Å². The second-order valence-corrected chi connectivity index (χ2v) is 5.57. The molecule has 1 aromatic carbocycles. The van der Waals surface area contributed by atoms with Gasteiger partial charge in [0.15, 0.2) is 0 Å². The number of phenols is 1. The summed E-state index contributed by atoms with van der Waals surface area (Å²) in [6, 6.07) is 5.59. The molecule has 0 bridgehead atoms. The molecule has 3 rings (SSSR count). The van der Waals surface area contributed by atoms with E-state index in [0.717, 1.165) is 25.9 Å². The summed E-state index contributed by atoms with van der Waals surface area (Å²) in [4.78, 5) is 13.8. The Labute approximate surface area is 113 Å². The fraction of sp³-hybridized carbons (Fsp3) is 0.533. The van der Waals surface area contributed by atoms with E-state index in [-0.39, 0.29) is 11.4 Å². The van der Waals surface area contributed by atoms with E-state index in [1.807, 2.05) is 19.1 Å². The van der Waals surface area contributed by atoms with Gasteiger partial charge in [-0.25, -0.2) is 0 Å². The first-order chi connectivity index (χ1) is 9.13. The number of nitrogens with zero attached hydrogens (tertiary/aromatic N) is 1. The molecule has 1 aliphatic heterocycles. The van der Waals surface area contributed by atoms with E-state index < -0.39 is 0 Å². The van der Waals surface area contributed by atoms with Crippen molar-refractivity contribution in [3.8, 4) is 5.75 Å². The van der Waals surface area contributed by atoms with Crippen molar-refractivity contribution < 1.29 is 14.6 Å². The van der Waals surface area contributed by atoms with Gasteiger partial charge in [-0.2, -0.15) is 0 Å². The average Bonchev–Trinajstić information content (AvgIpc) is 3.11. The fourth-order valence-corrected chi connectivity index (χ4v) is 3.09. The molecule has 1 heterocycles. The minimum Gasteiger partial charge on any atom is -0.508 e. The van der Waals surface area contributed by atoms with Gasteiger partial charge < -0.3 is 9.84 Å². The monoisotopic (exact) mass is 261 g/mol. The molecule has 1 fully saturated rings. The lowest BCUT2D eigenvalue weighted by Crippen LogP contribution is -2.41. The first-order valence-corrected chi connectivity index (χ1v) is 6.83. The van der Waals surface area contributed by atoms with Gasteiger partial charge in [-0.3, -0.25) is 9.69 Å². The van der Waals surface area contributed by atoms with Gasteiger partial charge in [-0.1, -0.05) is 6.07 Å². The molecule has 1 aromatic rings. The topological polar surface area (TPSA) is 49.8 Å². The molecule has 0 radical (unpaired) electrons. The maximum atomic E-state index is 11.6. The van der Waals surface area contributed by atoms with Crippen LogP contribution in [0.15, 0.2) is 18.2 Å². The Morgan fingerprint density at radius 3 is 2.95 bits per heavy atom. The molecular weight excluding hydrogens is 242 g/mol. The third-order valence-corrected chi connectivity index (χ3v) is 4.10. The molecule has 1 N–H and O–H groups in total. The van der Waals surface area contributed by atoms with Crippen molar-refractivity contribution >= 4 is 5.97 Å². The highest BCUT2D eigenvalue weighted by atomic mass is 16.5. The van der Waals surface area contributed by atoms with E-state index in [1.54, 1.807) is 6.07 Å². The largest absolute Gasteiger partial charge is 0.508 e. The van der Waals surface area contributed by atoms with Crippen LogP contribution >= 0.6 is 0 Å². The minimum atomic E-state index is -0.152. The number of aromatic hydroxyl groups is 1.